The third kappa shape index (κ3) is 4.15. The zero-order chi connectivity index (χ0) is 21.0. The number of benzene rings is 1. The molecular formula is C17H19FN6O5. The zero-order valence-electron chi connectivity index (χ0n) is 15.1. The van der Waals surface area contributed by atoms with Crippen LogP contribution in [0.3, 0.4) is 0 Å². The summed E-state index contributed by atoms with van der Waals surface area (Å²) >= 11 is 0. The molecule has 1 aliphatic heterocycles. The van der Waals surface area contributed by atoms with E-state index in [0.29, 0.717) is 13.0 Å². The number of aromatic hydroxyl groups is 1. The van der Waals surface area contributed by atoms with Crippen molar-refractivity contribution in [3.8, 4) is 5.75 Å². The second kappa shape index (κ2) is 8.45. The van der Waals surface area contributed by atoms with Gasteiger partial charge in [0.25, 0.3) is 0 Å². The Bertz CT molecular complexity index is 964. The van der Waals surface area contributed by atoms with Crippen molar-refractivity contribution in [1.29, 1.82) is 0 Å². The van der Waals surface area contributed by atoms with Gasteiger partial charge in [-0.2, -0.15) is 4.98 Å². The van der Waals surface area contributed by atoms with Crippen molar-refractivity contribution in [2.45, 2.75) is 30.6 Å². The van der Waals surface area contributed by atoms with Crippen LogP contribution in [0.4, 0.5) is 10.2 Å². The second-order valence-corrected chi connectivity index (χ2v) is 6.44. The molecule has 2 aromatic rings. The fourth-order valence-corrected chi connectivity index (χ4v) is 2.98. The lowest BCUT2D eigenvalue weighted by molar-refractivity contribution is -0.124. The van der Waals surface area contributed by atoms with Gasteiger partial charge in [0.15, 0.2) is 12.4 Å². The lowest BCUT2D eigenvalue weighted by atomic mass is 10.1. The van der Waals surface area contributed by atoms with Crippen LogP contribution in [-0.4, -0.2) is 56.0 Å². The van der Waals surface area contributed by atoms with Crippen molar-refractivity contribution >= 4 is 5.82 Å². The lowest BCUT2D eigenvalue weighted by Gasteiger charge is -2.23. The molecule has 1 saturated heterocycles. The van der Waals surface area contributed by atoms with E-state index in [1.165, 1.54) is 12.3 Å². The molecule has 1 aliphatic rings. The Morgan fingerprint density at radius 3 is 2.72 bits per heavy atom. The van der Waals surface area contributed by atoms with Crippen molar-refractivity contribution in [2.24, 2.45) is 5.11 Å². The van der Waals surface area contributed by atoms with E-state index < -0.39 is 36.5 Å². The molecular weight excluding hydrogens is 387 g/mol. The number of aromatic nitrogens is 2. The molecule has 2 heterocycles. The van der Waals surface area contributed by atoms with Crippen LogP contribution in [0.25, 0.3) is 10.4 Å². The molecule has 12 heteroatoms. The highest BCUT2D eigenvalue weighted by Crippen LogP contribution is 2.39. The molecule has 0 bridgehead atoms. The van der Waals surface area contributed by atoms with Crippen LogP contribution in [0.5, 0.6) is 5.75 Å². The van der Waals surface area contributed by atoms with E-state index in [1.54, 1.807) is 24.3 Å². The molecule has 1 aromatic carbocycles. The highest BCUT2D eigenvalue weighted by atomic mass is 19.1. The van der Waals surface area contributed by atoms with Crippen molar-refractivity contribution in [3.63, 3.8) is 0 Å². The SMILES string of the molecule is [N-]=[N+]=N[C@]1(CO)O[C@@H](n2ccc(NCCc3ccc(O)cc3)nc2=O)[C@@H](F)[C@@H]1O. The fourth-order valence-electron chi connectivity index (χ4n) is 2.98. The average molecular weight is 406 g/mol. The van der Waals surface area contributed by atoms with Gasteiger partial charge in [-0.1, -0.05) is 17.2 Å². The monoisotopic (exact) mass is 406 g/mol. The summed E-state index contributed by atoms with van der Waals surface area (Å²) in [5.74, 6) is 0.422. The van der Waals surface area contributed by atoms with Crippen LogP contribution in [0.15, 0.2) is 46.4 Å². The van der Waals surface area contributed by atoms with Crippen LogP contribution in [-0.2, 0) is 11.2 Å². The maximum Gasteiger partial charge on any atom is 0.351 e. The molecule has 0 spiro atoms. The lowest BCUT2D eigenvalue weighted by Crippen LogP contribution is -2.43. The van der Waals surface area contributed by atoms with Crippen LogP contribution in [0, 0.1) is 0 Å². The predicted octanol–water partition coefficient (Wildman–Crippen LogP) is 0.830. The number of nitrogens with zero attached hydrogens (tertiary/aromatic N) is 5. The molecule has 3 rings (SSSR count). The minimum atomic E-state index is -2.22. The summed E-state index contributed by atoms with van der Waals surface area (Å²) in [7, 11) is 0. The minimum absolute atomic E-state index is 0.170. The first-order valence-electron chi connectivity index (χ1n) is 8.68. The average Bonchev–Trinajstić information content (AvgIpc) is 2.95. The van der Waals surface area contributed by atoms with Crippen LogP contribution < -0.4 is 11.0 Å². The molecule has 0 unspecified atom stereocenters. The predicted molar refractivity (Wildman–Crippen MR) is 98.8 cm³/mol. The molecule has 4 atom stereocenters. The van der Waals surface area contributed by atoms with Gasteiger partial charge >= 0.3 is 5.69 Å². The summed E-state index contributed by atoms with van der Waals surface area (Å²) in [5.41, 5.74) is 6.48. The number of alkyl halides is 1. The van der Waals surface area contributed by atoms with Crippen LogP contribution >= 0.6 is 0 Å². The van der Waals surface area contributed by atoms with Crippen molar-refractivity contribution in [3.05, 3.63) is 63.0 Å². The van der Waals surface area contributed by atoms with E-state index >= 15 is 0 Å². The second-order valence-electron chi connectivity index (χ2n) is 6.44. The number of nitrogens with one attached hydrogen (secondary N) is 1. The van der Waals surface area contributed by atoms with Crippen molar-refractivity contribution in [2.75, 3.05) is 18.5 Å². The molecule has 0 amide bonds. The number of aliphatic hydroxyl groups excluding tert-OH is 2. The number of rotatable bonds is 7. The molecule has 11 nitrogen and oxygen atoms in total. The van der Waals surface area contributed by atoms with Gasteiger partial charge in [0.05, 0.1) is 6.61 Å². The first-order valence-corrected chi connectivity index (χ1v) is 8.68. The van der Waals surface area contributed by atoms with Gasteiger partial charge in [-0.3, -0.25) is 4.57 Å². The number of hydrogen-bond acceptors (Lipinski definition) is 8. The van der Waals surface area contributed by atoms with Crippen LogP contribution in [0.2, 0.25) is 0 Å². The molecule has 0 aliphatic carbocycles. The van der Waals surface area contributed by atoms with E-state index in [9.17, 15) is 24.5 Å². The number of phenols is 1. The summed E-state index contributed by atoms with van der Waals surface area (Å²) in [6, 6.07) is 8.10. The Kier molecular flexibility index (Phi) is 5.99. The third-order valence-corrected chi connectivity index (χ3v) is 4.56. The van der Waals surface area contributed by atoms with E-state index in [1.807, 2.05) is 0 Å². The standard InChI is InChI=1S/C17H19FN6O5/c18-13-14(27)17(9-25,22-23-19)29-15(13)24-8-6-12(21-16(24)28)20-7-5-10-1-3-11(26)4-2-10/h1-4,6,8,13-15,25-27H,5,7,9H2,(H,20,21,28)/t13-,14-,15+,17+/m0/s1. The minimum Gasteiger partial charge on any atom is -0.508 e. The summed E-state index contributed by atoms with van der Waals surface area (Å²) < 4.78 is 20.5. The largest absolute Gasteiger partial charge is 0.508 e. The first-order chi connectivity index (χ1) is 13.9. The molecule has 4 N–H and O–H groups in total. The number of phenolic OH excluding ortho intramolecular Hbond substituents is 1. The smallest absolute Gasteiger partial charge is 0.351 e. The van der Waals surface area contributed by atoms with E-state index in [2.05, 4.69) is 20.3 Å². The van der Waals surface area contributed by atoms with Gasteiger partial charge in [-0.25, -0.2) is 9.18 Å². The van der Waals surface area contributed by atoms with Gasteiger partial charge in [0.2, 0.25) is 5.72 Å². The van der Waals surface area contributed by atoms with E-state index in [-0.39, 0.29) is 11.6 Å². The number of halogens is 1. The number of anilines is 1. The number of aliphatic hydroxyl groups is 2. The van der Waals surface area contributed by atoms with Gasteiger partial charge in [0.1, 0.15) is 17.7 Å². The normalized spacial score (nSPS) is 26.1. The Balaban J connectivity index is 1.70. The van der Waals surface area contributed by atoms with Gasteiger partial charge in [-0.15, -0.1) is 0 Å². The number of hydrogen-bond donors (Lipinski definition) is 4. The van der Waals surface area contributed by atoms with Gasteiger partial charge in [-0.05, 0) is 35.7 Å². The number of ether oxygens (including phenoxy) is 1. The molecule has 29 heavy (non-hydrogen) atoms. The van der Waals surface area contributed by atoms with E-state index in [0.717, 1.165) is 10.1 Å². The Hall–Kier alpha value is -3.18. The maximum absolute atomic E-state index is 14.5. The molecule has 0 saturated carbocycles. The van der Waals surface area contributed by atoms with E-state index in [4.69, 9.17) is 10.3 Å². The Morgan fingerprint density at radius 2 is 2.10 bits per heavy atom. The zero-order valence-corrected chi connectivity index (χ0v) is 15.1. The summed E-state index contributed by atoms with van der Waals surface area (Å²) in [4.78, 5) is 18.6. The maximum atomic E-state index is 14.5. The topological polar surface area (TPSA) is 166 Å². The third-order valence-electron chi connectivity index (χ3n) is 4.56. The molecule has 0 radical (unpaired) electrons. The quantitative estimate of drug-likeness (QED) is 0.300. The van der Waals surface area contributed by atoms with Crippen LogP contribution in [0.1, 0.15) is 11.8 Å². The van der Waals surface area contributed by atoms with Crippen molar-refractivity contribution in [1.82, 2.24) is 9.55 Å². The van der Waals surface area contributed by atoms with Crippen molar-refractivity contribution < 1.29 is 24.4 Å². The molecule has 1 fully saturated rings. The Labute approximate surface area is 163 Å². The summed E-state index contributed by atoms with van der Waals surface area (Å²) in [6.45, 7) is -0.510. The van der Waals surface area contributed by atoms with Gasteiger partial charge in [0, 0.05) is 17.7 Å². The molecule has 1 aromatic heterocycles. The molecule has 154 valence electrons. The van der Waals surface area contributed by atoms with Gasteiger partial charge < -0.3 is 25.4 Å². The summed E-state index contributed by atoms with van der Waals surface area (Å²) in [5, 5.41) is 34.7. The number of azide groups is 1. The highest BCUT2D eigenvalue weighted by Gasteiger charge is 2.56. The fraction of sp³-hybridized carbons (Fsp3) is 0.412. The first kappa shape index (κ1) is 20.6. The summed E-state index contributed by atoms with van der Waals surface area (Å²) in [6.07, 6.45) is -3.86. The highest BCUT2D eigenvalue weighted by molar-refractivity contribution is 5.33. The Morgan fingerprint density at radius 1 is 1.38 bits per heavy atom.